The monoisotopic (exact) mass is 195 g/mol. The average molecular weight is 195 g/mol. The maximum Gasteiger partial charge on any atom is 0.223 e. The van der Waals surface area contributed by atoms with Gasteiger partial charge in [-0.1, -0.05) is 13.8 Å². The molecule has 1 heterocycles. The smallest absolute Gasteiger partial charge is 0.223 e. The first-order valence-electron chi connectivity index (χ1n) is 5.98. The van der Waals surface area contributed by atoms with E-state index in [-0.39, 0.29) is 0 Å². The van der Waals surface area contributed by atoms with Crippen molar-refractivity contribution in [1.82, 2.24) is 4.90 Å². The van der Waals surface area contributed by atoms with Crippen LogP contribution in [-0.4, -0.2) is 23.4 Å². The molecule has 1 unspecified atom stereocenters. The van der Waals surface area contributed by atoms with E-state index in [1.807, 2.05) is 0 Å². The van der Waals surface area contributed by atoms with Gasteiger partial charge in [-0.3, -0.25) is 4.79 Å². The molecule has 1 aliphatic carbocycles. The van der Waals surface area contributed by atoms with Crippen LogP contribution in [0.3, 0.4) is 0 Å². The SMILES string of the molecule is CC(C)CC(=O)N1CCCC1C1CC1. The molecule has 2 fully saturated rings. The van der Waals surface area contributed by atoms with Gasteiger partial charge in [-0.15, -0.1) is 0 Å². The molecule has 0 radical (unpaired) electrons. The number of carbonyl (C=O) groups is 1. The molecular weight excluding hydrogens is 174 g/mol. The molecule has 1 saturated heterocycles. The summed E-state index contributed by atoms with van der Waals surface area (Å²) in [4.78, 5) is 14.1. The summed E-state index contributed by atoms with van der Waals surface area (Å²) in [6.07, 6.45) is 5.94. The molecule has 1 atom stereocenters. The highest BCUT2D eigenvalue weighted by atomic mass is 16.2. The fourth-order valence-corrected chi connectivity index (χ4v) is 2.54. The van der Waals surface area contributed by atoms with Crippen LogP contribution in [0.5, 0.6) is 0 Å². The third-order valence-electron chi connectivity index (χ3n) is 3.37. The fourth-order valence-electron chi connectivity index (χ4n) is 2.54. The van der Waals surface area contributed by atoms with Crippen molar-refractivity contribution in [3.05, 3.63) is 0 Å². The molecule has 1 amide bonds. The zero-order chi connectivity index (χ0) is 10.1. The standard InChI is InChI=1S/C12H21NO/c1-9(2)8-12(14)13-7-3-4-11(13)10-5-6-10/h9-11H,3-8H2,1-2H3. The first-order valence-corrected chi connectivity index (χ1v) is 5.98. The van der Waals surface area contributed by atoms with Gasteiger partial charge in [0.15, 0.2) is 0 Å². The highest BCUT2D eigenvalue weighted by Gasteiger charge is 2.39. The first kappa shape index (κ1) is 10.0. The Kier molecular flexibility index (Phi) is 2.80. The molecule has 2 nitrogen and oxygen atoms in total. The lowest BCUT2D eigenvalue weighted by Gasteiger charge is -2.25. The van der Waals surface area contributed by atoms with Gasteiger partial charge >= 0.3 is 0 Å². The van der Waals surface area contributed by atoms with Crippen LogP contribution in [0.2, 0.25) is 0 Å². The summed E-state index contributed by atoms with van der Waals surface area (Å²) in [7, 11) is 0. The Hall–Kier alpha value is -0.530. The Bertz CT molecular complexity index is 220. The molecule has 0 N–H and O–H groups in total. The molecule has 80 valence electrons. The second-order valence-corrected chi connectivity index (χ2v) is 5.23. The number of amides is 1. The topological polar surface area (TPSA) is 20.3 Å². The average Bonchev–Trinajstić information content (AvgIpc) is 2.82. The molecule has 1 aliphatic heterocycles. The Morgan fingerprint density at radius 1 is 1.36 bits per heavy atom. The lowest BCUT2D eigenvalue weighted by molar-refractivity contribution is -0.133. The Labute approximate surface area is 86.7 Å². The molecule has 2 rings (SSSR count). The molecule has 0 aromatic carbocycles. The molecule has 14 heavy (non-hydrogen) atoms. The highest BCUT2D eigenvalue weighted by molar-refractivity contribution is 5.77. The summed E-state index contributed by atoms with van der Waals surface area (Å²) in [6.45, 7) is 5.27. The van der Waals surface area contributed by atoms with Crippen molar-refractivity contribution in [2.24, 2.45) is 11.8 Å². The number of hydrogen-bond donors (Lipinski definition) is 0. The largest absolute Gasteiger partial charge is 0.339 e. The van der Waals surface area contributed by atoms with E-state index in [1.54, 1.807) is 0 Å². The third kappa shape index (κ3) is 2.10. The summed E-state index contributed by atoms with van der Waals surface area (Å²) < 4.78 is 0. The van der Waals surface area contributed by atoms with E-state index in [0.29, 0.717) is 17.9 Å². The molecule has 0 aromatic rings. The van der Waals surface area contributed by atoms with Crippen molar-refractivity contribution < 1.29 is 4.79 Å². The van der Waals surface area contributed by atoms with E-state index < -0.39 is 0 Å². The second kappa shape index (κ2) is 3.92. The maximum atomic E-state index is 11.9. The van der Waals surface area contributed by atoms with Crippen LogP contribution in [0.15, 0.2) is 0 Å². The third-order valence-corrected chi connectivity index (χ3v) is 3.37. The van der Waals surface area contributed by atoms with Crippen LogP contribution in [-0.2, 0) is 4.79 Å². The Morgan fingerprint density at radius 2 is 2.07 bits per heavy atom. The van der Waals surface area contributed by atoms with Gasteiger partial charge in [-0.25, -0.2) is 0 Å². The molecule has 0 aromatic heterocycles. The van der Waals surface area contributed by atoms with Crippen LogP contribution < -0.4 is 0 Å². The van der Waals surface area contributed by atoms with Crippen LogP contribution in [0.1, 0.15) is 46.0 Å². The molecule has 0 spiro atoms. The quantitative estimate of drug-likeness (QED) is 0.677. The summed E-state index contributed by atoms with van der Waals surface area (Å²) in [6, 6.07) is 0.612. The van der Waals surface area contributed by atoms with E-state index in [4.69, 9.17) is 0 Å². The van der Waals surface area contributed by atoms with E-state index in [0.717, 1.165) is 18.9 Å². The summed E-state index contributed by atoms with van der Waals surface area (Å²) in [5, 5.41) is 0. The lowest BCUT2D eigenvalue weighted by Crippen LogP contribution is -2.37. The second-order valence-electron chi connectivity index (χ2n) is 5.23. The zero-order valence-corrected chi connectivity index (χ0v) is 9.33. The minimum atomic E-state index is 0.398. The Morgan fingerprint density at radius 3 is 2.64 bits per heavy atom. The first-order chi connectivity index (χ1) is 6.68. The number of nitrogens with zero attached hydrogens (tertiary/aromatic N) is 1. The molecule has 1 saturated carbocycles. The van der Waals surface area contributed by atoms with Gasteiger partial charge in [-0.05, 0) is 37.5 Å². The predicted molar refractivity (Wildman–Crippen MR) is 56.9 cm³/mol. The number of likely N-dealkylation sites (tertiary alicyclic amines) is 1. The van der Waals surface area contributed by atoms with Crippen LogP contribution in [0, 0.1) is 11.8 Å². The number of rotatable bonds is 3. The molecule has 2 aliphatic rings. The van der Waals surface area contributed by atoms with Crippen molar-refractivity contribution in [3.63, 3.8) is 0 Å². The van der Waals surface area contributed by atoms with Gasteiger partial charge in [0.25, 0.3) is 0 Å². The van der Waals surface area contributed by atoms with E-state index in [9.17, 15) is 4.79 Å². The Balaban J connectivity index is 1.91. The predicted octanol–water partition coefficient (Wildman–Crippen LogP) is 2.43. The van der Waals surface area contributed by atoms with E-state index >= 15 is 0 Å². The van der Waals surface area contributed by atoms with Gasteiger partial charge in [0, 0.05) is 19.0 Å². The van der Waals surface area contributed by atoms with Gasteiger partial charge in [0.2, 0.25) is 5.91 Å². The van der Waals surface area contributed by atoms with Crippen molar-refractivity contribution in [3.8, 4) is 0 Å². The fraction of sp³-hybridized carbons (Fsp3) is 0.917. The maximum absolute atomic E-state index is 11.9. The van der Waals surface area contributed by atoms with Crippen LogP contribution >= 0.6 is 0 Å². The number of hydrogen-bond acceptors (Lipinski definition) is 1. The van der Waals surface area contributed by atoms with Crippen LogP contribution in [0.25, 0.3) is 0 Å². The van der Waals surface area contributed by atoms with Gasteiger partial charge in [0.1, 0.15) is 0 Å². The van der Waals surface area contributed by atoms with Crippen molar-refractivity contribution in [1.29, 1.82) is 0 Å². The van der Waals surface area contributed by atoms with Gasteiger partial charge in [0.05, 0.1) is 0 Å². The minimum absolute atomic E-state index is 0.398. The van der Waals surface area contributed by atoms with Crippen LogP contribution in [0.4, 0.5) is 0 Å². The molecule has 0 bridgehead atoms. The normalized spacial score (nSPS) is 27.4. The van der Waals surface area contributed by atoms with Gasteiger partial charge < -0.3 is 4.90 Å². The minimum Gasteiger partial charge on any atom is -0.339 e. The summed E-state index contributed by atoms with van der Waals surface area (Å²) >= 11 is 0. The van der Waals surface area contributed by atoms with E-state index in [2.05, 4.69) is 18.7 Å². The van der Waals surface area contributed by atoms with Crippen molar-refractivity contribution in [2.45, 2.75) is 52.0 Å². The summed E-state index contributed by atoms with van der Waals surface area (Å²) in [5.74, 6) is 1.76. The highest BCUT2D eigenvalue weighted by Crippen LogP contribution is 2.40. The van der Waals surface area contributed by atoms with Crippen molar-refractivity contribution >= 4 is 5.91 Å². The van der Waals surface area contributed by atoms with E-state index in [1.165, 1.54) is 25.7 Å². The molecule has 2 heteroatoms. The van der Waals surface area contributed by atoms with Gasteiger partial charge in [-0.2, -0.15) is 0 Å². The zero-order valence-electron chi connectivity index (χ0n) is 9.33. The summed E-state index contributed by atoms with van der Waals surface area (Å²) in [5.41, 5.74) is 0. The van der Waals surface area contributed by atoms with Crippen molar-refractivity contribution in [2.75, 3.05) is 6.54 Å². The molecular formula is C12H21NO. The lowest BCUT2D eigenvalue weighted by atomic mass is 10.1. The number of carbonyl (C=O) groups excluding carboxylic acids is 1.